The van der Waals surface area contributed by atoms with Crippen LogP contribution in [0.5, 0.6) is 0 Å². The molecule has 0 spiro atoms. The van der Waals surface area contributed by atoms with E-state index in [1.807, 2.05) is 55.5 Å². The Kier molecular flexibility index (Phi) is 7.85. The molecule has 0 fully saturated rings. The van der Waals surface area contributed by atoms with Crippen molar-refractivity contribution in [3.8, 4) is 0 Å². The molecule has 0 amide bonds. The van der Waals surface area contributed by atoms with Crippen molar-refractivity contribution in [2.75, 3.05) is 5.73 Å². The molecule has 0 saturated carbocycles. The summed E-state index contributed by atoms with van der Waals surface area (Å²) >= 11 is 5.02. The van der Waals surface area contributed by atoms with Crippen molar-refractivity contribution in [1.29, 1.82) is 0 Å². The number of nitrogen functional groups attached to an aromatic ring is 1. The van der Waals surface area contributed by atoms with Crippen LogP contribution in [0.15, 0.2) is 78.9 Å². The largest absolute Gasteiger partial charge is 0.399 e. The number of benzene rings is 2. The number of carbonyl (C=O) groups excluding carboxylic acids is 1. The van der Waals surface area contributed by atoms with Crippen molar-refractivity contribution in [3.63, 3.8) is 0 Å². The molecule has 2 aromatic carbocycles. The van der Waals surface area contributed by atoms with Crippen LogP contribution in [0.4, 0.5) is 5.69 Å². The average molecular weight is 400 g/mol. The van der Waals surface area contributed by atoms with Gasteiger partial charge in [0, 0.05) is 18.0 Å². The highest BCUT2D eigenvalue weighted by Crippen LogP contribution is 2.33. The van der Waals surface area contributed by atoms with Gasteiger partial charge in [-0.1, -0.05) is 75.3 Å². The van der Waals surface area contributed by atoms with Gasteiger partial charge in [-0.05, 0) is 63.0 Å². The summed E-state index contributed by atoms with van der Waals surface area (Å²) in [4.78, 5) is 12.0. The first-order valence-corrected chi connectivity index (χ1v) is 9.75. The number of hydrogen-bond donors (Lipinski definition) is 1. The van der Waals surface area contributed by atoms with E-state index < -0.39 is 0 Å². The van der Waals surface area contributed by atoms with Crippen LogP contribution in [0.3, 0.4) is 0 Å². The highest BCUT2D eigenvalue weighted by atomic mass is 32.1. The summed E-state index contributed by atoms with van der Waals surface area (Å²) in [6, 6.07) is 13.5. The molecule has 2 rings (SSSR count). The van der Waals surface area contributed by atoms with E-state index in [0.717, 1.165) is 33.4 Å². The van der Waals surface area contributed by atoms with Crippen molar-refractivity contribution >= 4 is 47.4 Å². The topological polar surface area (TPSA) is 43.1 Å². The Morgan fingerprint density at radius 1 is 1.14 bits per heavy atom. The second-order valence-electron chi connectivity index (χ2n) is 6.73. The van der Waals surface area contributed by atoms with Crippen LogP contribution in [-0.2, 0) is 4.79 Å². The highest BCUT2D eigenvalue weighted by molar-refractivity contribution is 7.79. The lowest BCUT2D eigenvalue weighted by Gasteiger charge is -2.18. The molecular formula is C26H25NOS. The first-order chi connectivity index (χ1) is 13.9. The summed E-state index contributed by atoms with van der Waals surface area (Å²) in [5.74, 6) is 1.97. The molecule has 146 valence electrons. The van der Waals surface area contributed by atoms with Gasteiger partial charge in [0.1, 0.15) is 5.94 Å². The lowest BCUT2D eigenvalue weighted by Crippen LogP contribution is -2.05. The van der Waals surface area contributed by atoms with E-state index in [1.165, 1.54) is 0 Å². The molecule has 0 radical (unpaired) electrons. The van der Waals surface area contributed by atoms with Crippen LogP contribution in [0, 0.1) is 0 Å². The van der Waals surface area contributed by atoms with E-state index in [0.29, 0.717) is 17.7 Å². The predicted molar refractivity (Wildman–Crippen MR) is 130 cm³/mol. The minimum atomic E-state index is -0.174. The summed E-state index contributed by atoms with van der Waals surface area (Å²) in [7, 11) is 0. The SMILES string of the molecule is C=Cc1ccc(/C=C(/C(=C)CC=S)C(=C=O)C(C)c2ccc(N)cc2)cc1C=C. The van der Waals surface area contributed by atoms with Crippen molar-refractivity contribution in [2.45, 2.75) is 19.3 Å². The third-order valence-electron chi connectivity index (χ3n) is 4.84. The Labute approximate surface area is 178 Å². The average Bonchev–Trinajstić information content (AvgIpc) is 2.73. The lowest BCUT2D eigenvalue weighted by atomic mass is 9.84. The predicted octanol–water partition coefficient (Wildman–Crippen LogP) is 6.45. The maximum absolute atomic E-state index is 12.0. The van der Waals surface area contributed by atoms with Gasteiger partial charge in [0.05, 0.1) is 5.57 Å². The van der Waals surface area contributed by atoms with Gasteiger partial charge in [0.15, 0.2) is 0 Å². The minimum Gasteiger partial charge on any atom is -0.399 e. The van der Waals surface area contributed by atoms with E-state index >= 15 is 0 Å². The van der Waals surface area contributed by atoms with Gasteiger partial charge in [0.25, 0.3) is 0 Å². The molecule has 0 aliphatic heterocycles. The van der Waals surface area contributed by atoms with Gasteiger partial charge in [-0.15, -0.1) is 0 Å². The second kappa shape index (κ2) is 10.3. The normalized spacial score (nSPS) is 11.8. The maximum Gasteiger partial charge on any atom is 0.129 e. The molecule has 2 N–H and O–H groups in total. The Hall–Kier alpha value is -3.26. The molecule has 1 unspecified atom stereocenters. The fraction of sp³-hybridized carbons (Fsp3) is 0.115. The fourth-order valence-corrected chi connectivity index (χ4v) is 3.32. The number of hydrogen-bond acceptors (Lipinski definition) is 3. The van der Waals surface area contributed by atoms with Crippen LogP contribution in [0.1, 0.15) is 41.5 Å². The van der Waals surface area contributed by atoms with Gasteiger partial charge in [-0.25, -0.2) is 4.79 Å². The standard InChI is InChI=1S/C26H25NOS/c1-5-21-8-7-20(15-22(21)6-2)16-25(18(3)13-14-29)26(17-28)19(4)23-9-11-24(27)12-10-23/h5-12,14-16,19H,1-3,13,27H2,4H3/b25-16-. The molecule has 2 aromatic rings. The molecule has 0 aliphatic carbocycles. The minimum absolute atomic E-state index is 0.174. The Morgan fingerprint density at radius 3 is 2.34 bits per heavy atom. The van der Waals surface area contributed by atoms with Gasteiger partial charge in [0.2, 0.25) is 0 Å². The van der Waals surface area contributed by atoms with Crippen molar-refractivity contribution in [2.24, 2.45) is 0 Å². The molecule has 1 atom stereocenters. The van der Waals surface area contributed by atoms with Gasteiger partial charge >= 0.3 is 0 Å². The number of rotatable bonds is 9. The van der Waals surface area contributed by atoms with Gasteiger partial charge in [-0.3, -0.25) is 0 Å². The molecule has 29 heavy (non-hydrogen) atoms. The highest BCUT2D eigenvalue weighted by Gasteiger charge is 2.19. The van der Waals surface area contributed by atoms with E-state index in [2.05, 4.69) is 25.7 Å². The van der Waals surface area contributed by atoms with Crippen LogP contribution in [0.2, 0.25) is 0 Å². The zero-order chi connectivity index (χ0) is 21.4. The Balaban J connectivity index is 2.57. The molecule has 2 nitrogen and oxygen atoms in total. The van der Waals surface area contributed by atoms with Gasteiger partial charge < -0.3 is 5.73 Å². The smallest absolute Gasteiger partial charge is 0.129 e. The van der Waals surface area contributed by atoms with Crippen LogP contribution >= 0.6 is 12.2 Å². The molecule has 0 bridgehead atoms. The summed E-state index contributed by atoms with van der Waals surface area (Å²) in [6.45, 7) is 13.8. The summed E-state index contributed by atoms with van der Waals surface area (Å²) in [5, 5.41) is 1.61. The first kappa shape index (κ1) is 22.0. The number of allylic oxidation sites excluding steroid dienone is 3. The number of nitrogens with two attached hydrogens (primary N) is 1. The van der Waals surface area contributed by atoms with Crippen molar-refractivity contribution < 1.29 is 4.79 Å². The van der Waals surface area contributed by atoms with E-state index in [4.69, 9.17) is 18.0 Å². The second-order valence-corrected chi connectivity index (χ2v) is 7.07. The van der Waals surface area contributed by atoms with Crippen LogP contribution < -0.4 is 5.73 Å². The van der Waals surface area contributed by atoms with Gasteiger partial charge in [-0.2, -0.15) is 0 Å². The summed E-state index contributed by atoms with van der Waals surface area (Å²) in [5.41, 5.74) is 12.4. The molecule has 0 saturated heterocycles. The molecular weight excluding hydrogens is 374 g/mol. The maximum atomic E-state index is 12.0. The Bertz CT molecular complexity index is 1020. The number of anilines is 1. The third kappa shape index (κ3) is 5.39. The van der Waals surface area contributed by atoms with Crippen LogP contribution in [-0.4, -0.2) is 11.3 Å². The zero-order valence-corrected chi connectivity index (χ0v) is 17.5. The molecule has 0 heterocycles. The summed E-state index contributed by atoms with van der Waals surface area (Å²) < 4.78 is 0. The first-order valence-electron chi connectivity index (χ1n) is 9.28. The van der Waals surface area contributed by atoms with E-state index in [9.17, 15) is 4.79 Å². The molecule has 3 heteroatoms. The van der Waals surface area contributed by atoms with Crippen molar-refractivity contribution in [1.82, 2.24) is 0 Å². The fourth-order valence-electron chi connectivity index (χ4n) is 3.12. The quantitative estimate of drug-likeness (QED) is 0.228. The van der Waals surface area contributed by atoms with Crippen LogP contribution in [0.25, 0.3) is 18.2 Å². The van der Waals surface area contributed by atoms with E-state index in [1.54, 1.807) is 17.5 Å². The number of thiocarbonyl (C=S) groups is 1. The third-order valence-corrected chi connectivity index (χ3v) is 5.01. The lowest BCUT2D eigenvalue weighted by molar-refractivity contribution is 0.565. The molecule has 0 aromatic heterocycles. The van der Waals surface area contributed by atoms with E-state index in [-0.39, 0.29) is 5.92 Å². The Morgan fingerprint density at radius 2 is 1.79 bits per heavy atom. The van der Waals surface area contributed by atoms with Crippen molar-refractivity contribution in [3.05, 3.63) is 101 Å². The zero-order valence-electron chi connectivity index (χ0n) is 16.7. The monoisotopic (exact) mass is 399 g/mol. The molecule has 0 aliphatic rings. The summed E-state index contributed by atoms with van der Waals surface area (Å²) in [6.07, 6.45) is 6.03.